The Balaban J connectivity index is 0.000000541. The van der Waals surface area contributed by atoms with Crippen molar-refractivity contribution in [1.29, 1.82) is 0 Å². The molecule has 3 atom stereocenters. The summed E-state index contributed by atoms with van der Waals surface area (Å²) < 4.78 is 33.2. The fourth-order valence-corrected chi connectivity index (χ4v) is 5.16. The number of nitrogens with zero attached hydrogens (tertiary/aromatic N) is 6. The van der Waals surface area contributed by atoms with Crippen LogP contribution in [0, 0.1) is 0 Å². The molecular formula is C26H31F3N8O6. The second-order valence-corrected chi connectivity index (χ2v) is 10.7. The molecule has 0 bridgehead atoms. The number of rotatable bonds is 5. The highest BCUT2D eigenvalue weighted by atomic mass is 19.4. The van der Waals surface area contributed by atoms with Gasteiger partial charge in [0.2, 0.25) is 11.8 Å². The third kappa shape index (κ3) is 7.16. The third-order valence-corrected chi connectivity index (χ3v) is 7.58. The number of imide groups is 1. The van der Waals surface area contributed by atoms with Gasteiger partial charge in [-0.05, 0) is 51.2 Å². The van der Waals surface area contributed by atoms with Crippen molar-refractivity contribution >= 4 is 29.6 Å². The van der Waals surface area contributed by atoms with Crippen LogP contribution in [-0.4, -0.2) is 122 Å². The van der Waals surface area contributed by atoms with Gasteiger partial charge in [-0.2, -0.15) is 13.2 Å². The van der Waals surface area contributed by atoms with Gasteiger partial charge in [-0.1, -0.05) is 5.21 Å². The van der Waals surface area contributed by atoms with Crippen LogP contribution < -0.4 is 10.6 Å². The third-order valence-electron chi connectivity index (χ3n) is 7.58. The van der Waals surface area contributed by atoms with Gasteiger partial charge >= 0.3 is 12.1 Å². The summed E-state index contributed by atoms with van der Waals surface area (Å²) in [6, 6.07) is 4.70. The molecule has 3 N–H and O–H groups in total. The van der Waals surface area contributed by atoms with Gasteiger partial charge in [-0.25, -0.2) is 9.48 Å². The summed E-state index contributed by atoms with van der Waals surface area (Å²) in [5.41, 5.74) is 2.12. The van der Waals surface area contributed by atoms with Crippen molar-refractivity contribution in [2.24, 2.45) is 0 Å². The second-order valence-electron chi connectivity index (χ2n) is 10.7. The maximum absolute atomic E-state index is 12.9. The first-order valence-corrected chi connectivity index (χ1v) is 13.4. The summed E-state index contributed by atoms with van der Waals surface area (Å²) >= 11 is 0. The molecule has 3 aliphatic rings. The smallest absolute Gasteiger partial charge is 0.475 e. The second kappa shape index (κ2) is 12.5. The van der Waals surface area contributed by atoms with Crippen LogP contribution >= 0.6 is 0 Å². The Kier molecular flexibility index (Phi) is 9.15. The van der Waals surface area contributed by atoms with Crippen LogP contribution in [0.5, 0.6) is 0 Å². The van der Waals surface area contributed by atoms with Crippen molar-refractivity contribution in [3.8, 4) is 5.69 Å². The minimum Gasteiger partial charge on any atom is -0.475 e. The van der Waals surface area contributed by atoms with Crippen LogP contribution in [-0.2, 0) is 20.9 Å². The number of carboxylic acids is 1. The topological polar surface area (TPSA) is 170 Å². The van der Waals surface area contributed by atoms with Crippen molar-refractivity contribution in [1.82, 2.24) is 40.3 Å². The number of carbonyl (C=O) groups is 5. The van der Waals surface area contributed by atoms with Crippen molar-refractivity contribution in [3.05, 3.63) is 41.2 Å². The molecule has 5 rings (SSSR count). The van der Waals surface area contributed by atoms with Crippen molar-refractivity contribution in [3.63, 3.8) is 0 Å². The predicted octanol–water partition coefficient (Wildman–Crippen LogP) is 0.0257. The molecule has 0 aliphatic carbocycles. The summed E-state index contributed by atoms with van der Waals surface area (Å²) in [5, 5.41) is 20.6. The molecular weight excluding hydrogens is 577 g/mol. The molecule has 43 heavy (non-hydrogen) atoms. The molecule has 4 heterocycles. The van der Waals surface area contributed by atoms with Crippen LogP contribution in [0.15, 0.2) is 24.4 Å². The number of alkyl halides is 3. The zero-order valence-electron chi connectivity index (χ0n) is 23.6. The Bertz CT molecular complexity index is 1430. The predicted molar refractivity (Wildman–Crippen MR) is 142 cm³/mol. The monoisotopic (exact) mass is 608 g/mol. The van der Waals surface area contributed by atoms with E-state index in [-0.39, 0.29) is 48.5 Å². The molecule has 2 saturated heterocycles. The first-order valence-electron chi connectivity index (χ1n) is 13.4. The maximum Gasteiger partial charge on any atom is 0.490 e. The minimum absolute atomic E-state index is 0.0697. The van der Waals surface area contributed by atoms with Crippen molar-refractivity contribution in [2.45, 2.75) is 50.6 Å². The van der Waals surface area contributed by atoms with E-state index in [2.05, 4.69) is 44.8 Å². The SMILES string of the molecule is CC(NC(=O)c1cn(-c2ccc3c(c2)CN(C2CCC(=O)NC2=O)C3=O)nn1)C1CN(C)CCN1C.O=C(O)C(F)(F)F. The van der Waals surface area contributed by atoms with E-state index < -0.39 is 24.1 Å². The van der Waals surface area contributed by atoms with E-state index in [0.717, 1.165) is 25.2 Å². The van der Waals surface area contributed by atoms with Crippen LogP contribution in [0.1, 0.15) is 46.2 Å². The van der Waals surface area contributed by atoms with Crippen LogP contribution in [0.3, 0.4) is 0 Å². The number of carboxylic acid groups (broad SMARTS) is 1. The van der Waals surface area contributed by atoms with Crippen LogP contribution in [0.4, 0.5) is 13.2 Å². The number of piperazine rings is 1. The highest BCUT2D eigenvalue weighted by Gasteiger charge is 2.39. The van der Waals surface area contributed by atoms with Crippen LogP contribution in [0.2, 0.25) is 0 Å². The Morgan fingerprint density at radius 2 is 1.86 bits per heavy atom. The first-order chi connectivity index (χ1) is 20.1. The van der Waals surface area contributed by atoms with E-state index in [1.165, 1.54) is 9.58 Å². The number of aliphatic carboxylic acids is 1. The molecule has 0 spiro atoms. The Morgan fingerprint density at radius 3 is 2.51 bits per heavy atom. The van der Waals surface area contributed by atoms with E-state index in [4.69, 9.17) is 9.90 Å². The molecule has 1 aromatic carbocycles. The number of hydrogen-bond acceptors (Lipinski definition) is 9. The van der Waals surface area contributed by atoms with Crippen LogP contribution in [0.25, 0.3) is 5.69 Å². The van der Waals surface area contributed by atoms with Gasteiger partial charge < -0.3 is 20.2 Å². The fraction of sp³-hybridized carbons (Fsp3) is 0.500. The van der Waals surface area contributed by atoms with Gasteiger partial charge in [0.25, 0.3) is 11.8 Å². The van der Waals surface area contributed by atoms with E-state index >= 15 is 0 Å². The fourth-order valence-electron chi connectivity index (χ4n) is 5.16. The molecule has 3 aliphatic heterocycles. The molecule has 2 fully saturated rings. The Hall–Kier alpha value is -4.38. The zero-order valence-corrected chi connectivity index (χ0v) is 23.6. The molecule has 14 nitrogen and oxygen atoms in total. The lowest BCUT2D eigenvalue weighted by atomic mass is 10.0. The minimum atomic E-state index is -5.08. The van der Waals surface area contributed by atoms with Gasteiger partial charge in [-0.15, -0.1) is 5.10 Å². The van der Waals surface area contributed by atoms with Crippen molar-refractivity contribution < 1.29 is 42.3 Å². The molecule has 0 radical (unpaired) electrons. The number of benzene rings is 1. The first kappa shape index (κ1) is 31.6. The van der Waals surface area contributed by atoms with E-state index in [1.807, 2.05) is 13.0 Å². The Morgan fingerprint density at radius 1 is 1.16 bits per heavy atom. The number of likely N-dealkylation sites (N-methyl/N-ethyl adjacent to an activating group) is 2. The maximum atomic E-state index is 12.9. The molecule has 1 aromatic heterocycles. The molecule has 2 aromatic rings. The quantitative estimate of drug-likeness (QED) is 0.394. The zero-order chi connectivity index (χ0) is 31.6. The number of hydrogen-bond donors (Lipinski definition) is 3. The van der Waals surface area contributed by atoms with Gasteiger partial charge in [0.05, 0.1) is 11.9 Å². The molecule has 0 saturated carbocycles. The van der Waals surface area contributed by atoms with Gasteiger partial charge in [0, 0.05) is 50.2 Å². The number of halogens is 3. The van der Waals surface area contributed by atoms with E-state index in [1.54, 1.807) is 18.3 Å². The van der Waals surface area contributed by atoms with Gasteiger partial charge in [-0.3, -0.25) is 29.4 Å². The lowest BCUT2D eigenvalue weighted by Crippen LogP contribution is -2.58. The number of carbonyl (C=O) groups excluding carboxylic acids is 4. The average Bonchev–Trinajstić information content (AvgIpc) is 3.55. The molecule has 17 heteroatoms. The number of nitrogens with one attached hydrogen (secondary N) is 2. The largest absolute Gasteiger partial charge is 0.490 e. The highest BCUT2D eigenvalue weighted by molar-refractivity contribution is 6.05. The summed E-state index contributed by atoms with van der Waals surface area (Å²) in [6.45, 7) is 5.07. The van der Waals surface area contributed by atoms with Gasteiger partial charge in [0.15, 0.2) is 5.69 Å². The van der Waals surface area contributed by atoms with Gasteiger partial charge in [0.1, 0.15) is 6.04 Å². The normalized spacial score (nSPS) is 21.9. The molecule has 4 amide bonds. The lowest BCUT2D eigenvalue weighted by molar-refractivity contribution is -0.192. The number of fused-ring (bicyclic) bond motifs is 1. The summed E-state index contributed by atoms with van der Waals surface area (Å²) in [6.07, 6.45) is -3.00. The molecule has 3 unspecified atom stereocenters. The lowest BCUT2D eigenvalue weighted by Gasteiger charge is -2.40. The summed E-state index contributed by atoms with van der Waals surface area (Å²) in [5.74, 6) is -4.05. The summed E-state index contributed by atoms with van der Waals surface area (Å²) in [7, 11) is 4.14. The number of piperidine rings is 1. The summed E-state index contributed by atoms with van der Waals surface area (Å²) in [4.78, 5) is 64.4. The standard InChI is InChI=1S/C24H30N8O4.C2HF3O2/c1-14(20-13-29(2)8-9-30(20)3)25-22(34)18-12-32(28-27-18)16-4-5-17-15(10-16)11-31(24(17)36)19-6-7-21(33)26-23(19)35;3-2(4,5)1(6)7/h4-5,10,12,14,19-20H,6-9,11,13H2,1-3H3,(H,25,34)(H,26,33,35);(H,6,7). The van der Waals surface area contributed by atoms with E-state index in [9.17, 15) is 32.3 Å². The Labute approximate surface area is 243 Å². The van der Waals surface area contributed by atoms with E-state index in [0.29, 0.717) is 17.7 Å². The number of aromatic nitrogens is 3. The number of amides is 4. The van der Waals surface area contributed by atoms with Crippen molar-refractivity contribution in [2.75, 3.05) is 33.7 Å². The average molecular weight is 609 g/mol. The highest BCUT2D eigenvalue weighted by Crippen LogP contribution is 2.29. The molecule has 232 valence electrons.